The molecule has 0 bridgehead atoms. The van der Waals surface area contributed by atoms with Crippen molar-refractivity contribution < 1.29 is 29.4 Å². The fourth-order valence-electron chi connectivity index (χ4n) is 0. The van der Waals surface area contributed by atoms with Gasteiger partial charge >= 0.3 is 0 Å². The summed E-state index contributed by atoms with van der Waals surface area (Å²) in [4.78, 5) is 8.89. The van der Waals surface area contributed by atoms with Crippen molar-refractivity contribution in [3.8, 4) is 0 Å². The molecule has 0 N–H and O–H groups in total. The van der Waals surface area contributed by atoms with Crippen LogP contribution in [0, 0.1) is 0 Å². The molecule has 3 heteroatoms. The van der Waals surface area contributed by atoms with Gasteiger partial charge in [-0.05, 0) is 6.92 Å². The summed E-state index contributed by atoms with van der Waals surface area (Å²) < 4.78 is 0. The first-order valence-corrected chi connectivity index (χ1v) is 0.908. The van der Waals surface area contributed by atoms with Gasteiger partial charge in [-0.3, -0.25) is 0 Å². The molecule has 0 aromatic rings. The molecule has 2 nitrogen and oxygen atoms in total. The van der Waals surface area contributed by atoms with E-state index in [1.165, 1.54) is 0 Å². The van der Waals surface area contributed by atoms with E-state index >= 15 is 0 Å². The molecule has 0 saturated heterocycles. The van der Waals surface area contributed by atoms with Crippen LogP contribution in [0.2, 0.25) is 0 Å². The van der Waals surface area contributed by atoms with Crippen LogP contribution < -0.4 is 5.11 Å². The van der Waals surface area contributed by atoms with E-state index in [9.17, 15) is 0 Å². The predicted octanol–water partition coefficient (Wildman–Crippen LogP) is -0.610. The molecule has 0 fully saturated rings. The third-order valence-corrected chi connectivity index (χ3v) is 0. The van der Waals surface area contributed by atoms with E-state index in [1.54, 1.807) is 0 Å². The zero-order valence-corrected chi connectivity index (χ0v) is 5.99. The number of hydrogen-bond donors (Lipinski definition) is 0. The van der Waals surface area contributed by atoms with E-state index in [4.69, 9.17) is 9.90 Å². The number of carbonyl (C=O) groups is 1. The average Bonchev–Trinajstić information content (AvgIpc) is 0.811. The van der Waals surface area contributed by atoms with Crippen molar-refractivity contribution in [3.05, 3.63) is 0 Å². The smallest absolute Gasteiger partial charge is 0.0383 e. The number of aliphatic carboxylic acids is 1. The number of rotatable bonds is 0. The van der Waals surface area contributed by atoms with Gasteiger partial charge in [0.1, 0.15) is 0 Å². The number of hydrogen-bond acceptors (Lipinski definition) is 2. The summed E-state index contributed by atoms with van der Waals surface area (Å²) in [7, 11) is 0. The van der Waals surface area contributed by atoms with E-state index in [0.717, 1.165) is 6.92 Å². The van der Waals surface area contributed by atoms with E-state index in [2.05, 4.69) is 0 Å². The minimum absolute atomic E-state index is 0. The molecule has 6 heavy (non-hydrogen) atoms. The van der Waals surface area contributed by atoms with Crippen molar-refractivity contribution in [3.63, 3.8) is 0 Å². The van der Waals surface area contributed by atoms with Crippen LogP contribution in [0.5, 0.6) is 0 Å². The Bertz CT molecular complexity index is 31.8. The quantitative estimate of drug-likeness (QED) is 0.421. The van der Waals surface area contributed by atoms with Crippen molar-refractivity contribution in [1.82, 2.24) is 0 Å². The van der Waals surface area contributed by atoms with E-state index in [1.807, 2.05) is 0 Å². The molecule has 0 saturated carbocycles. The van der Waals surface area contributed by atoms with Gasteiger partial charge in [0.15, 0.2) is 0 Å². The van der Waals surface area contributed by atoms with Crippen LogP contribution in [0.4, 0.5) is 0 Å². The minimum atomic E-state index is -1.08. The summed E-state index contributed by atoms with van der Waals surface area (Å²) in [5.74, 6) is -1.08. The molecule has 0 unspecified atom stereocenters. The molecule has 0 aromatic carbocycles. The Kier molecular flexibility index (Phi) is 24.6. The fraction of sp³-hybridized carbons (Fsp3) is 0.667. The first-order chi connectivity index (χ1) is 1.73. The van der Waals surface area contributed by atoms with Gasteiger partial charge in [-0.2, -0.15) is 0 Å². The van der Waals surface area contributed by atoms with Gasteiger partial charge in [0.2, 0.25) is 0 Å². The van der Waals surface area contributed by atoms with Crippen LogP contribution in [-0.2, 0) is 24.3 Å². The summed E-state index contributed by atoms with van der Waals surface area (Å²) in [6.07, 6.45) is 0. The van der Waals surface area contributed by atoms with Gasteiger partial charge < -0.3 is 9.90 Å². The summed E-state index contributed by atoms with van der Waals surface area (Å²) in [5, 5.41) is 8.89. The van der Waals surface area contributed by atoms with Gasteiger partial charge in [0.05, 0.1) is 0 Å². The van der Waals surface area contributed by atoms with Crippen molar-refractivity contribution >= 4 is 5.97 Å². The van der Waals surface area contributed by atoms with E-state index in [-0.39, 0.29) is 26.9 Å². The monoisotopic (exact) mass is 139 g/mol. The maximum absolute atomic E-state index is 8.89. The summed E-state index contributed by atoms with van der Waals surface area (Å²) in [5.41, 5.74) is 0. The molecule has 0 rings (SSSR count). The largest absolute Gasteiger partial charge is 0.550 e. The maximum atomic E-state index is 8.89. The van der Waals surface area contributed by atoms with Crippen molar-refractivity contribution in [1.29, 1.82) is 0 Å². The van der Waals surface area contributed by atoms with Crippen LogP contribution in [-0.4, -0.2) is 5.97 Å². The van der Waals surface area contributed by atoms with Crippen LogP contribution in [0.3, 0.4) is 0 Å². The summed E-state index contributed by atoms with van der Waals surface area (Å²) >= 11 is 0. The molecular formula is C3H7O2Zn-. The molecule has 0 heterocycles. The van der Waals surface area contributed by atoms with Gasteiger partial charge in [-0.1, -0.05) is 7.43 Å². The molecule has 34 valence electrons. The minimum Gasteiger partial charge on any atom is -0.550 e. The van der Waals surface area contributed by atoms with Crippen molar-refractivity contribution in [2.75, 3.05) is 0 Å². The van der Waals surface area contributed by atoms with E-state index in [0.29, 0.717) is 0 Å². The fourth-order valence-corrected chi connectivity index (χ4v) is 0. The second-order valence-corrected chi connectivity index (χ2v) is 0.492. The zero-order chi connectivity index (χ0) is 3.58. The molecule has 0 amide bonds. The molecule has 0 aliphatic rings. The molecule has 0 atom stereocenters. The standard InChI is InChI=1S/C2H4O2.CH4.Zn/c1-2(3)4;;/h1H3,(H,3,4);1H4;/p-1. The average molecular weight is 140 g/mol. The normalized spacial score (nSPS) is 4.17. The van der Waals surface area contributed by atoms with Crippen molar-refractivity contribution in [2.24, 2.45) is 0 Å². The zero-order valence-electron chi connectivity index (χ0n) is 3.02. The Morgan fingerprint density at radius 1 is 1.67 bits per heavy atom. The van der Waals surface area contributed by atoms with Gasteiger partial charge in [0, 0.05) is 25.4 Å². The number of carboxylic acids is 1. The van der Waals surface area contributed by atoms with Gasteiger partial charge in [-0.15, -0.1) is 0 Å². The van der Waals surface area contributed by atoms with Crippen LogP contribution in [0.25, 0.3) is 0 Å². The first kappa shape index (κ1) is 16.5. The molecule has 0 spiro atoms. The molecule has 0 radical (unpaired) electrons. The first-order valence-electron chi connectivity index (χ1n) is 0.908. The summed E-state index contributed by atoms with van der Waals surface area (Å²) in [6.45, 7) is 0.972. The topological polar surface area (TPSA) is 40.1 Å². The number of carboxylic acid groups (broad SMARTS) is 1. The Hall–Kier alpha value is 0.0934. The molecule has 0 aliphatic carbocycles. The predicted molar refractivity (Wildman–Crippen MR) is 17.4 cm³/mol. The third-order valence-electron chi connectivity index (χ3n) is 0. The van der Waals surface area contributed by atoms with Crippen molar-refractivity contribution in [2.45, 2.75) is 14.4 Å². The maximum Gasteiger partial charge on any atom is 0.0383 e. The molecule has 0 aromatic heterocycles. The Morgan fingerprint density at radius 3 is 1.67 bits per heavy atom. The Balaban J connectivity index is -0.0000000450. The van der Waals surface area contributed by atoms with Gasteiger partial charge in [0.25, 0.3) is 0 Å². The number of carbonyl (C=O) groups excluding carboxylic acids is 1. The van der Waals surface area contributed by atoms with Gasteiger partial charge in [-0.25, -0.2) is 0 Å². The van der Waals surface area contributed by atoms with E-state index < -0.39 is 5.97 Å². The SMILES string of the molecule is C.CC(=O)[O-].[Zn]. The third kappa shape index (κ3) is 4490. The van der Waals surface area contributed by atoms with Crippen LogP contribution >= 0.6 is 0 Å². The summed E-state index contributed by atoms with van der Waals surface area (Å²) in [6, 6.07) is 0. The second-order valence-electron chi connectivity index (χ2n) is 0.492. The molecular weight excluding hydrogens is 133 g/mol. The second kappa shape index (κ2) is 8.92. The van der Waals surface area contributed by atoms with Crippen LogP contribution in [0.15, 0.2) is 0 Å². The van der Waals surface area contributed by atoms with Crippen LogP contribution in [0.1, 0.15) is 14.4 Å². The molecule has 0 aliphatic heterocycles. The Morgan fingerprint density at radius 2 is 1.67 bits per heavy atom. The Labute approximate surface area is 50.3 Å².